The second-order valence-corrected chi connectivity index (χ2v) is 6.20. The lowest BCUT2D eigenvalue weighted by Gasteiger charge is -2.22. The molecular weight excluding hydrogens is 268 g/mol. The summed E-state index contributed by atoms with van der Waals surface area (Å²) < 4.78 is 15.9. The number of ether oxygens (including phenoxy) is 3. The van der Waals surface area contributed by atoms with Crippen molar-refractivity contribution in [1.29, 1.82) is 0 Å². The maximum atomic E-state index is 8.60. The molecule has 2 unspecified atom stereocenters. The molecule has 1 fully saturated rings. The Morgan fingerprint density at radius 1 is 1.19 bits per heavy atom. The Kier molecular flexibility index (Phi) is 13.6. The molecule has 0 aromatic carbocycles. The first-order valence-electron chi connectivity index (χ1n) is 8.20. The Morgan fingerprint density at radius 3 is 2.00 bits per heavy atom. The minimum Gasteiger partial charge on any atom is -0.375 e. The number of rotatable bonds is 5. The van der Waals surface area contributed by atoms with Gasteiger partial charge in [-0.1, -0.05) is 27.7 Å². The molecule has 1 aliphatic heterocycles. The van der Waals surface area contributed by atoms with Crippen LogP contribution in [-0.4, -0.2) is 42.9 Å². The van der Waals surface area contributed by atoms with Gasteiger partial charge in [-0.15, -0.1) is 0 Å². The molecular formula is C17H38O4. The van der Waals surface area contributed by atoms with Crippen molar-refractivity contribution in [3.63, 3.8) is 0 Å². The van der Waals surface area contributed by atoms with Gasteiger partial charge in [-0.3, -0.25) is 0 Å². The second kappa shape index (κ2) is 12.4. The van der Waals surface area contributed by atoms with Gasteiger partial charge in [0.05, 0.1) is 18.3 Å². The van der Waals surface area contributed by atoms with Crippen molar-refractivity contribution in [2.24, 2.45) is 5.92 Å². The molecule has 0 aromatic heterocycles. The first kappa shape index (κ1) is 23.1. The Morgan fingerprint density at radius 2 is 1.67 bits per heavy atom. The average Bonchev–Trinajstić information content (AvgIpc) is 2.77. The lowest BCUT2D eigenvalue weighted by atomic mass is 10.0. The van der Waals surface area contributed by atoms with Crippen molar-refractivity contribution in [3.05, 3.63) is 0 Å². The summed E-state index contributed by atoms with van der Waals surface area (Å²) in [6.45, 7) is 16.7. The van der Waals surface area contributed by atoms with Crippen molar-refractivity contribution < 1.29 is 19.3 Å². The van der Waals surface area contributed by atoms with Crippen LogP contribution >= 0.6 is 0 Å². The minimum absolute atomic E-state index is 0.321. The van der Waals surface area contributed by atoms with Crippen LogP contribution in [0.3, 0.4) is 0 Å². The van der Waals surface area contributed by atoms with E-state index < -0.39 is 5.79 Å². The van der Waals surface area contributed by atoms with Gasteiger partial charge in [0.1, 0.15) is 0 Å². The molecule has 1 aliphatic rings. The van der Waals surface area contributed by atoms with Gasteiger partial charge in [0.2, 0.25) is 0 Å². The highest BCUT2D eigenvalue weighted by Crippen LogP contribution is 2.23. The van der Waals surface area contributed by atoms with Gasteiger partial charge in [0.15, 0.2) is 5.79 Å². The summed E-state index contributed by atoms with van der Waals surface area (Å²) in [6, 6.07) is 0. The van der Waals surface area contributed by atoms with Gasteiger partial charge < -0.3 is 19.3 Å². The lowest BCUT2D eigenvalue weighted by Crippen LogP contribution is -2.28. The zero-order valence-corrected chi connectivity index (χ0v) is 15.6. The van der Waals surface area contributed by atoms with Crippen LogP contribution in [0.4, 0.5) is 0 Å². The van der Waals surface area contributed by atoms with Crippen LogP contribution < -0.4 is 0 Å². The summed E-state index contributed by atoms with van der Waals surface area (Å²) in [7, 11) is 1.46. The lowest BCUT2D eigenvalue weighted by molar-refractivity contribution is -0.155. The standard InChI is InChI=1S/C11H22O2.C4H10O2.C2H6/c1-8(2)7-11-10(5-6-12-11)13-9(3)4;1-4(2,5)6-3;1-2/h8-11H,5-7H2,1-4H3;5H,1-3H3;1-2H3. The summed E-state index contributed by atoms with van der Waals surface area (Å²) >= 11 is 0. The van der Waals surface area contributed by atoms with Crippen LogP contribution in [0.25, 0.3) is 0 Å². The molecule has 4 nitrogen and oxygen atoms in total. The summed E-state index contributed by atoms with van der Waals surface area (Å²) in [6.07, 6.45) is 3.18. The van der Waals surface area contributed by atoms with E-state index in [-0.39, 0.29) is 0 Å². The molecule has 21 heavy (non-hydrogen) atoms. The van der Waals surface area contributed by atoms with E-state index in [9.17, 15) is 0 Å². The van der Waals surface area contributed by atoms with E-state index >= 15 is 0 Å². The quantitative estimate of drug-likeness (QED) is 0.780. The highest BCUT2D eigenvalue weighted by molar-refractivity contribution is 4.78. The number of hydrogen-bond acceptors (Lipinski definition) is 4. The average molecular weight is 306 g/mol. The fourth-order valence-electron chi connectivity index (χ4n) is 1.82. The zero-order valence-electron chi connectivity index (χ0n) is 15.6. The van der Waals surface area contributed by atoms with Crippen LogP contribution in [0.1, 0.15) is 68.2 Å². The molecule has 1 N–H and O–H groups in total. The molecule has 130 valence electrons. The predicted molar refractivity (Wildman–Crippen MR) is 88.5 cm³/mol. The minimum atomic E-state index is -0.958. The van der Waals surface area contributed by atoms with Crippen molar-refractivity contribution in [2.75, 3.05) is 13.7 Å². The summed E-state index contributed by atoms with van der Waals surface area (Å²) in [5.74, 6) is -0.263. The first-order chi connectivity index (χ1) is 9.65. The normalized spacial score (nSPS) is 21.7. The third kappa shape index (κ3) is 14.5. The SMILES string of the molecule is CC.CC(C)CC1OCCC1OC(C)C.COC(C)(C)O. The Balaban J connectivity index is 0. The van der Waals surface area contributed by atoms with Crippen molar-refractivity contribution in [1.82, 2.24) is 0 Å². The molecule has 2 atom stereocenters. The summed E-state index contributed by atoms with van der Waals surface area (Å²) in [5.41, 5.74) is 0. The number of hydrogen-bond donors (Lipinski definition) is 1. The smallest absolute Gasteiger partial charge is 0.159 e. The fraction of sp³-hybridized carbons (Fsp3) is 1.00. The molecule has 4 heteroatoms. The van der Waals surface area contributed by atoms with Gasteiger partial charge in [0, 0.05) is 13.7 Å². The van der Waals surface area contributed by atoms with E-state index in [1.165, 1.54) is 7.11 Å². The molecule has 0 bridgehead atoms. The highest BCUT2D eigenvalue weighted by Gasteiger charge is 2.29. The molecule has 0 spiro atoms. The Labute approximate surface area is 132 Å². The van der Waals surface area contributed by atoms with Crippen LogP contribution in [0.15, 0.2) is 0 Å². The maximum absolute atomic E-state index is 8.60. The molecule has 0 saturated carbocycles. The topological polar surface area (TPSA) is 47.9 Å². The number of aliphatic hydroxyl groups is 1. The van der Waals surface area contributed by atoms with Gasteiger partial charge in [0.25, 0.3) is 0 Å². The molecule has 0 aliphatic carbocycles. The van der Waals surface area contributed by atoms with Gasteiger partial charge in [-0.05, 0) is 46.5 Å². The van der Waals surface area contributed by atoms with E-state index in [1.807, 2.05) is 13.8 Å². The maximum Gasteiger partial charge on any atom is 0.159 e. The molecule has 1 saturated heterocycles. The van der Waals surface area contributed by atoms with Crippen LogP contribution in [0, 0.1) is 5.92 Å². The van der Waals surface area contributed by atoms with Gasteiger partial charge in [-0.2, -0.15) is 0 Å². The molecule has 1 heterocycles. The molecule has 0 aromatic rings. The van der Waals surface area contributed by atoms with Crippen LogP contribution in [0.5, 0.6) is 0 Å². The largest absolute Gasteiger partial charge is 0.375 e. The third-order valence-electron chi connectivity index (χ3n) is 2.80. The fourth-order valence-corrected chi connectivity index (χ4v) is 1.82. The van der Waals surface area contributed by atoms with E-state index in [1.54, 1.807) is 13.8 Å². The third-order valence-corrected chi connectivity index (χ3v) is 2.80. The second-order valence-electron chi connectivity index (χ2n) is 6.20. The van der Waals surface area contributed by atoms with Crippen molar-refractivity contribution >= 4 is 0 Å². The van der Waals surface area contributed by atoms with E-state index in [2.05, 4.69) is 32.4 Å². The number of methoxy groups -OCH3 is 1. The van der Waals surface area contributed by atoms with Gasteiger partial charge in [-0.25, -0.2) is 0 Å². The monoisotopic (exact) mass is 306 g/mol. The highest BCUT2D eigenvalue weighted by atomic mass is 16.6. The van der Waals surface area contributed by atoms with Crippen molar-refractivity contribution in [3.8, 4) is 0 Å². The molecule has 0 radical (unpaired) electrons. The Hall–Kier alpha value is -0.160. The van der Waals surface area contributed by atoms with Crippen LogP contribution in [-0.2, 0) is 14.2 Å². The van der Waals surface area contributed by atoms with Gasteiger partial charge >= 0.3 is 0 Å². The molecule has 1 rings (SSSR count). The molecule has 0 amide bonds. The summed E-state index contributed by atoms with van der Waals surface area (Å²) in [4.78, 5) is 0. The predicted octanol–water partition coefficient (Wildman–Crippen LogP) is 4.00. The summed E-state index contributed by atoms with van der Waals surface area (Å²) in [5, 5.41) is 8.60. The van der Waals surface area contributed by atoms with Crippen LogP contribution in [0.2, 0.25) is 0 Å². The first-order valence-corrected chi connectivity index (χ1v) is 8.20. The van der Waals surface area contributed by atoms with E-state index in [0.717, 1.165) is 19.4 Å². The zero-order chi connectivity index (χ0) is 17.1. The Bertz CT molecular complexity index is 205. The van der Waals surface area contributed by atoms with E-state index in [4.69, 9.17) is 14.6 Å². The van der Waals surface area contributed by atoms with E-state index in [0.29, 0.717) is 24.2 Å². The van der Waals surface area contributed by atoms with Crippen molar-refractivity contribution in [2.45, 2.75) is 92.3 Å².